The highest BCUT2D eigenvalue weighted by Crippen LogP contribution is 2.13. The number of hydrogen-bond acceptors (Lipinski definition) is 5. The first-order valence-electron chi connectivity index (χ1n) is 7.34. The van der Waals surface area contributed by atoms with Gasteiger partial charge in [0.25, 0.3) is 5.91 Å². The molecule has 1 aromatic heterocycles. The fraction of sp³-hybridized carbons (Fsp3) is 0.312. The van der Waals surface area contributed by atoms with Crippen LogP contribution in [0, 0.1) is 0 Å². The van der Waals surface area contributed by atoms with Crippen LogP contribution in [0.1, 0.15) is 10.4 Å². The molecular weight excluding hydrogens is 278 g/mol. The predicted molar refractivity (Wildman–Crippen MR) is 84.0 cm³/mol. The number of nitrogens with one attached hydrogen (secondary N) is 1. The largest absolute Gasteiger partial charge is 0.304 e. The molecule has 0 radical (unpaired) electrons. The summed E-state index contributed by atoms with van der Waals surface area (Å²) in [6.45, 7) is 3.55. The van der Waals surface area contributed by atoms with Crippen molar-refractivity contribution in [3.63, 3.8) is 0 Å². The average Bonchev–Trinajstić information content (AvgIpc) is 2.58. The second-order valence-electron chi connectivity index (χ2n) is 5.39. The summed E-state index contributed by atoms with van der Waals surface area (Å²) in [5, 5.41) is 1.94. The molecule has 1 aliphatic rings. The molecule has 0 aliphatic carbocycles. The summed E-state index contributed by atoms with van der Waals surface area (Å²) in [7, 11) is 2.08. The molecule has 1 N–H and O–H groups in total. The van der Waals surface area contributed by atoms with Crippen molar-refractivity contribution in [1.82, 2.24) is 25.3 Å². The van der Waals surface area contributed by atoms with Crippen LogP contribution in [0.2, 0.25) is 0 Å². The van der Waals surface area contributed by atoms with Gasteiger partial charge in [0.1, 0.15) is 0 Å². The molecule has 1 aromatic carbocycles. The van der Waals surface area contributed by atoms with E-state index < -0.39 is 0 Å². The first-order valence-corrected chi connectivity index (χ1v) is 7.34. The van der Waals surface area contributed by atoms with E-state index in [9.17, 15) is 4.79 Å². The molecule has 6 nitrogen and oxygen atoms in total. The van der Waals surface area contributed by atoms with Gasteiger partial charge in [-0.05, 0) is 7.05 Å². The van der Waals surface area contributed by atoms with Crippen LogP contribution < -0.4 is 5.43 Å². The Morgan fingerprint density at radius 1 is 1.05 bits per heavy atom. The number of benzene rings is 1. The summed E-state index contributed by atoms with van der Waals surface area (Å²) in [6, 6.07) is 9.71. The Labute approximate surface area is 129 Å². The maximum Gasteiger partial charge on any atom is 0.268 e. The van der Waals surface area contributed by atoms with Crippen molar-refractivity contribution in [2.45, 2.75) is 0 Å². The van der Waals surface area contributed by atoms with E-state index in [2.05, 4.69) is 27.3 Å². The molecule has 0 atom stereocenters. The van der Waals surface area contributed by atoms with Crippen molar-refractivity contribution >= 4 is 5.91 Å². The Hall–Kier alpha value is -2.31. The van der Waals surface area contributed by atoms with Gasteiger partial charge in [0, 0.05) is 44.1 Å². The number of hydrazine groups is 1. The highest BCUT2D eigenvalue weighted by molar-refractivity contribution is 5.93. The Bertz CT molecular complexity index is 621. The molecule has 2 aromatic rings. The van der Waals surface area contributed by atoms with Gasteiger partial charge in [0.05, 0.1) is 5.56 Å². The molecule has 0 unspecified atom stereocenters. The number of amides is 1. The number of likely N-dealkylation sites (N-methyl/N-ethyl adjacent to an activating group) is 1. The molecule has 114 valence electrons. The molecule has 0 spiro atoms. The van der Waals surface area contributed by atoms with E-state index in [1.54, 1.807) is 12.4 Å². The number of aromatic nitrogens is 2. The van der Waals surface area contributed by atoms with Gasteiger partial charge in [-0.3, -0.25) is 10.2 Å². The average molecular weight is 297 g/mol. The summed E-state index contributed by atoms with van der Waals surface area (Å²) in [4.78, 5) is 23.0. The van der Waals surface area contributed by atoms with Gasteiger partial charge in [-0.2, -0.15) is 0 Å². The van der Waals surface area contributed by atoms with Crippen molar-refractivity contribution in [2.75, 3.05) is 33.2 Å². The molecule has 2 heterocycles. The zero-order valence-corrected chi connectivity index (χ0v) is 12.6. The second kappa shape index (κ2) is 6.64. The van der Waals surface area contributed by atoms with Crippen molar-refractivity contribution in [2.24, 2.45) is 0 Å². The van der Waals surface area contributed by atoms with Crippen LogP contribution in [0.15, 0.2) is 42.7 Å². The Kier molecular flexibility index (Phi) is 4.41. The molecule has 22 heavy (non-hydrogen) atoms. The quantitative estimate of drug-likeness (QED) is 0.917. The zero-order valence-electron chi connectivity index (χ0n) is 12.6. The van der Waals surface area contributed by atoms with E-state index in [0.717, 1.165) is 31.7 Å². The van der Waals surface area contributed by atoms with E-state index in [-0.39, 0.29) is 5.91 Å². The lowest BCUT2D eigenvalue weighted by atomic mass is 10.2. The Balaban J connectivity index is 1.64. The molecule has 1 fully saturated rings. The summed E-state index contributed by atoms with van der Waals surface area (Å²) in [5.74, 6) is 0.459. The number of nitrogens with zero attached hydrogens (tertiary/aromatic N) is 4. The first kappa shape index (κ1) is 14.6. The van der Waals surface area contributed by atoms with Crippen LogP contribution in [0.5, 0.6) is 0 Å². The van der Waals surface area contributed by atoms with Gasteiger partial charge < -0.3 is 4.90 Å². The van der Waals surface area contributed by atoms with E-state index in [0.29, 0.717) is 11.4 Å². The van der Waals surface area contributed by atoms with Crippen LogP contribution in [0.25, 0.3) is 11.4 Å². The molecule has 1 saturated heterocycles. The van der Waals surface area contributed by atoms with Crippen LogP contribution in [0.4, 0.5) is 0 Å². The Morgan fingerprint density at radius 3 is 2.32 bits per heavy atom. The second-order valence-corrected chi connectivity index (χ2v) is 5.39. The highest BCUT2D eigenvalue weighted by Gasteiger charge is 2.17. The van der Waals surface area contributed by atoms with Crippen molar-refractivity contribution in [3.8, 4) is 11.4 Å². The summed E-state index contributed by atoms with van der Waals surface area (Å²) >= 11 is 0. The van der Waals surface area contributed by atoms with Crippen LogP contribution >= 0.6 is 0 Å². The maximum absolute atomic E-state index is 12.2. The van der Waals surface area contributed by atoms with Gasteiger partial charge in [-0.15, -0.1) is 0 Å². The number of carbonyl (C=O) groups is 1. The predicted octanol–water partition coefficient (Wildman–Crippen LogP) is 1.04. The van der Waals surface area contributed by atoms with Gasteiger partial charge in [-0.1, -0.05) is 30.3 Å². The van der Waals surface area contributed by atoms with Crippen LogP contribution in [-0.4, -0.2) is 59.0 Å². The minimum atomic E-state index is -0.163. The molecule has 0 bridgehead atoms. The highest BCUT2D eigenvalue weighted by atomic mass is 16.2. The molecule has 6 heteroatoms. The van der Waals surface area contributed by atoms with Gasteiger partial charge in [0.15, 0.2) is 5.82 Å². The minimum Gasteiger partial charge on any atom is -0.304 e. The first-order chi connectivity index (χ1) is 10.7. The van der Waals surface area contributed by atoms with Crippen molar-refractivity contribution in [1.29, 1.82) is 0 Å². The monoisotopic (exact) mass is 297 g/mol. The molecule has 3 rings (SSSR count). The molecule has 1 aliphatic heterocycles. The molecular formula is C16H19N5O. The van der Waals surface area contributed by atoms with Crippen LogP contribution in [-0.2, 0) is 0 Å². The zero-order chi connectivity index (χ0) is 15.4. The lowest BCUT2D eigenvalue weighted by Gasteiger charge is -2.32. The lowest BCUT2D eigenvalue weighted by Crippen LogP contribution is -2.52. The minimum absolute atomic E-state index is 0.163. The van der Waals surface area contributed by atoms with Gasteiger partial charge in [0.2, 0.25) is 0 Å². The molecule has 1 amide bonds. The van der Waals surface area contributed by atoms with Crippen molar-refractivity contribution < 1.29 is 4.79 Å². The SMILES string of the molecule is CN1CCN(NC(=O)c2cnc(-c3ccccc3)nc2)CC1. The van der Waals surface area contributed by atoms with Crippen LogP contribution in [0.3, 0.4) is 0 Å². The third-order valence-electron chi connectivity index (χ3n) is 3.71. The maximum atomic E-state index is 12.2. The summed E-state index contributed by atoms with van der Waals surface area (Å²) in [6.07, 6.45) is 3.14. The fourth-order valence-corrected chi connectivity index (χ4v) is 2.31. The van der Waals surface area contributed by atoms with E-state index >= 15 is 0 Å². The summed E-state index contributed by atoms with van der Waals surface area (Å²) < 4.78 is 0. The van der Waals surface area contributed by atoms with Crippen molar-refractivity contribution in [3.05, 3.63) is 48.3 Å². The Morgan fingerprint density at radius 2 is 1.68 bits per heavy atom. The normalized spacial score (nSPS) is 16.4. The number of hydrogen-bond donors (Lipinski definition) is 1. The number of carbonyl (C=O) groups excluding carboxylic acids is 1. The van der Waals surface area contributed by atoms with E-state index in [1.807, 2.05) is 35.3 Å². The van der Waals surface area contributed by atoms with E-state index in [4.69, 9.17) is 0 Å². The summed E-state index contributed by atoms with van der Waals surface area (Å²) in [5.41, 5.74) is 4.31. The third kappa shape index (κ3) is 3.47. The van der Waals surface area contributed by atoms with Gasteiger partial charge in [-0.25, -0.2) is 15.0 Å². The smallest absolute Gasteiger partial charge is 0.268 e. The van der Waals surface area contributed by atoms with Gasteiger partial charge >= 0.3 is 0 Å². The third-order valence-corrected chi connectivity index (χ3v) is 3.71. The topological polar surface area (TPSA) is 61.4 Å². The standard InChI is InChI=1S/C16H19N5O/c1-20-7-9-21(10-8-20)19-16(22)14-11-17-15(18-12-14)13-5-3-2-4-6-13/h2-6,11-12H,7-10H2,1H3,(H,19,22). The fourth-order valence-electron chi connectivity index (χ4n) is 2.31. The lowest BCUT2D eigenvalue weighted by molar-refractivity contribution is 0.0662. The molecule has 0 saturated carbocycles. The number of piperazine rings is 1. The number of rotatable bonds is 3. The van der Waals surface area contributed by atoms with E-state index in [1.165, 1.54) is 0 Å².